The molecule has 0 spiro atoms. The number of esters is 1. The lowest BCUT2D eigenvalue weighted by molar-refractivity contribution is -0.385. The summed E-state index contributed by atoms with van der Waals surface area (Å²) in [6.07, 6.45) is 0. The number of nitro groups is 1. The van der Waals surface area contributed by atoms with Crippen LogP contribution in [0, 0.1) is 10.1 Å². The van der Waals surface area contributed by atoms with Gasteiger partial charge in [0.2, 0.25) is 0 Å². The Morgan fingerprint density at radius 1 is 1.15 bits per heavy atom. The molecule has 1 aromatic carbocycles. The molecular weight excluding hydrogens is 274 g/mol. The molecule has 1 rings (SSSR count). The fraction of sp³-hybridized carbons (Fsp3) is 0.182. The second-order valence-electron chi connectivity index (χ2n) is 3.50. The summed E-state index contributed by atoms with van der Waals surface area (Å²) in [6, 6.07) is 1.15. The van der Waals surface area contributed by atoms with Gasteiger partial charge in [0.1, 0.15) is 5.56 Å². The highest BCUT2D eigenvalue weighted by Crippen LogP contribution is 2.25. The van der Waals surface area contributed by atoms with Crippen molar-refractivity contribution in [3.8, 4) is 0 Å². The van der Waals surface area contributed by atoms with Gasteiger partial charge >= 0.3 is 17.9 Å². The summed E-state index contributed by atoms with van der Waals surface area (Å²) in [4.78, 5) is 43.2. The van der Waals surface area contributed by atoms with E-state index in [-0.39, 0.29) is 6.61 Å². The Kier molecular flexibility index (Phi) is 4.36. The number of aromatic carboxylic acids is 2. The van der Waals surface area contributed by atoms with Gasteiger partial charge < -0.3 is 14.9 Å². The third-order valence-electron chi connectivity index (χ3n) is 2.29. The maximum absolute atomic E-state index is 11.6. The predicted octanol–water partition coefficient (Wildman–Crippen LogP) is 1.17. The molecule has 0 aliphatic carbocycles. The number of nitro benzene ring substituents is 1. The number of benzene rings is 1. The molecular formula is C11H9NO8. The van der Waals surface area contributed by atoms with E-state index in [2.05, 4.69) is 4.74 Å². The molecule has 9 heteroatoms. The van der Waals surface area contributed by atoms with Gasteiger partial charge in [-0.1, -0.05) is 0 Å². The van der Waals surface area contributed by atoms with Crippen LogP contribution < -0.4 is 0 Å². The van der Waals surface area contributed by atoms with Gasteiger partial charge in [0.05, 0.1) is 22.7 Å². The molecule has 0 radical (unpaired) electrons. The number of ether oxygens (including phenoxy) is 1. The first-order valence-electron chi connectivity index (χ1n) is 5.25. The summed E-state index contributed by atoms with van der Waals surface area (Å²) in [5.41, 5.74) is -2.95. The van der Waals surface area contributed by atoms with Gasteiger partial charge in [-0.05, 0) is 13.0 Å². The molecule has 0 aliphatic heterocycles. The van der Waals surface area contributed by atoms with Crippen LogP contribution in [-0.4, -0.2) is 39.7 Å². The van der Waals surface area contributed by atoms with Gasteiger partial charge in [0.15, 0.2) is 0 Å². The highest BCUT2D eigenvalue weighted by molar-refractivity contribution is 6.06. The van der Waals surface area contributed by atoms with E-state index in [0.29, 0.717) is 12.1 Å². The lowest BCUT2D eigenvalue weighted by Gasteiger charge is -2.07. The van der Waals surface area contributed by atoms with Crippen LogP contribution in [0.2, 0.25) is 0 Å². The lowest BCUT2D eigenvalue weighted by Crippen LogP contribution is -2.15. The van der Waals surface area contributed by atoms with E-state index in [4.69, 9.17) is 10.2 Å². The molecule has 0 fully saturated rings. The van der Waals surface area contributed by atoms with Crippen LogP contribution in [0.5, 0.6) is 0 Å². The zero-order chi connectivity index (χ0) is 15.4. The number of carboxylic acid groups (broad SMARTS) is 2. The van der Waals surface area contributed by atoms with Crippen LogP contribution in [0.15, 0.2) is 12.1 Å². The summed E-state index contributed by atoms with van der Waals surface area (Å²) in [7, 11) is 0. The fourth-order valence-corrected chi connectivity index (χ4v) is 1.47. The van der Waals surface area contributed by atoms with Crippen LogP contribution in [0.1, 0.15) is 38.0 Å². The third-order valence-corrected chi connectivity index (χ3v) is 2.29. The number of carboxylic acids is 2. The fourth-order valence-electron chi connectivity index (χ4n) is 1.47. The zero-order valence-electron chi connectivity index (χ0n) is 10.2. The maximum Gasteiger partial charge on any atom is 0.342 e. The first-order valence-corrected chi connectivity index (χ1v) is 5.25. The summed E-state index contributed by atoms with van der Waals surface area (Å²) in [5.74, 6) is -4.34. The van der Waals surface area contributed by atoms with E-state index in [0.717, 1.165) is 0 Å². The Morgan fingerprint density at radius 2 is 1.70 bits per heavy atom. The van der Waals surface area contributed by atoms with Crippen molar-refractivity contribution in [2.75, 3.05) is 6.61 Å². The molecule has 0 amide bonds. The summed E-state index contributed by atoms with van der Waals surface area (Å²) < 4.78 is 4.58. The van der Waals surface area contributed by atoms with Crippen LogP contribution >= 0.6 is 0 Å². The van der Waals surface area contributed by atoms with Crippen molar-refractivity contribution in [2.45, 2.75) is 6.92 Å². The number of hydrogen-bond donors (Lipinski definition) is 2. The van der Waals surface area contributed by atoms with Crippen molar-refractivity contribution in [3.05, 3.63) is 38.9 Å². The van der Waals surface area contributed by atoms with Crippen molar-refractivity contribution in [2.24, 2.45) is 0 Å². The molecule has 0 aromatic heterocycles. The minimum Gasteiger partial charge on any atom is -0.478 e. The predicted molar refractivity (Wildman–Crippen MR) is 63.0 cm³/mol. The lowest BCUT2D eigenvalue weighted by atomic mass is 10.0. The molecule has 2 N–H and O–H groups in total. The molecule has 0 saturated carbocycles. The minimum atomic E-state index is -1.67. The second kappa shape index (κ2) is 5.78. The maximum atomic E-state index is 11.6. The van der Waals surface area contributed by atoms with Gasteiger partial charge in [-0.3, -0.25) is 10.1 Å². The Bertz CT molecular complexity index is 607. The van der Waals surface area contributed by atoms with E-state index in [9.17, 15) is 24.5 Å². The largest absolute Gasteiger partial charge is 0.478 e. The van der Waals surface area contributed by atoms with E-state index < -0.39 is 45.2 Å². The van der Waals surface area contributed by atoms with E-state index in [1.807, 2.05) is 0 Å². The molecule has 0 heterocycles. The highest BCUT2D eigenvalue weighted by Gasteiger charge is 2.28. The second-order valence-corrected chi connectivity index (χ2v) is 3.50. The molecule has 9 nitrogen and oxygen atoms in total. The molecule has 0 unspecified atom stereocenters. The van der Waals surface area contributed by atoms with Crippen LogP contribution in [0.3, 0.4) is 0 Å². The zero-order valence-corrected chi connectivity index (χ0v) is 10.2. The van der Waals surface area contributed by atoms with Gasteiger partial charge in [-0.25, -0.2) is 14.4 Å². The van der Waals surface area contributed by atoms with Crippen molar-refractivity contribution in [1.29, 1.82) is 0 Å². The number of carbonyl (C=O) groups excluding carboxylic acids is 1. The molecule has 106 valence electrons. The van der Waals surface area contributed by atoms with Crippen LogP contribution in [0.4, 0.5) is 5.69 Å². The monoisotopic (exact) mass is 283 g/mol. The average Bonchev–Trinajstić information content (AvgIpc) is 2.36. The first-order chi connectivity index (χ1) is 9.29. The Labute approximate surface area is 111 Å². The van der Waals surface area contributed by atoms with Crippen molar-refractivity contribution < 1.29 is 34.3 Å². The molecule has 1 aromatic rings. The minimum absolute atomic E-state index is 0.0631. The van der Waals surface area contributed by atoms with Crippen molar-refractivity contribution in [1.82, 2.24) is 0 Å². The Balaban J connectivity index is 3.61. The van der Waals surface area contributed by atoms with E-state index in [1.165, 1.54) is 6.92 Å². The third kappa shape index (κ3) is 2.88. The summed E-state index contributed by atoms with van der Waals surface area (Å²) in [5, 5.41) is 28.6. The Hall–Kier alpha value is -2.97. The number of rotatable bonds is 5. The molecule has 0 aliphatic rings. The molecule has 0 saturated heterocycles. The van der Waals surface area contributed by atoms with Gasteiger partial charge in [0.25, 0.3) is 5.69 Å². The highest BCUT2D eigenvalue weighted by atomic mass is 16.6. The standard InChI is InChI=1S/C11H9NO8/c1-2-20-11(17)6-4-8(12(18)19)7(10(15)16)3-5(6)9(13)14/h3-4H,2H2,1H3,(H,13,14)(H,15,16). The normalized spacial score (nSPS) is 9.85. The number of nitrogens with zero attached hydrogens (tertiary/aromatic N) is 1. The topological polar surface area (TPSA) is 144 Å². The van der Waals surface area contributed by atoms with E-state index in [1.54, 1.807) is 0 Å². The molecule has 0 bridgehead atoms. The summed E-state index contributed by atoms with van der Waals surface area (Å²) >= 11 is 0. The van der Waals surface area contributed by atoms with Crippen molar-refractivity contribution in [3.63, 3.8) is 0 Å². The van der Waals surface area contributed by atoms with Gasteiger partial charge in [0, 0.05) is 6.07 Å². The van der Waals surface area contributed by atoms with E-state index >= 15 is 0 Å². The molecule has 20 heavy (non-hydrogen) atoms. The number of hydrogen-bond acceptors (Lipinski definition) is 6. The number of carbonyl (C=O) groups is 3. The smallest absolute Gasteiger partial charge is 0.342 e. The van der Waals surface area contributed by atoms with Gasteiger partial charge in [-0.2, -0.15) is 0 Å². The first kappa shape index (κ1) is 15.1. The SMILES string of the molecule is CCOC(=O)c1cc([N+](=O)[O-])c(C(=O)O)cc1C(=O)O. The average molecular weight is 283 g/mol. The Morgan fingerprint density at radius 3 is 2.10 bits per heavy atom. The van der Waals surface area contributed by atoms with Crippen molar-refractivity contribution >= 4 is 23.6 Å². The summed E-state index contributed by atoms with van der Waals surface area (Å²) in [6.45, 7) is 1.41. The molecule has 0 atom stereocenters. The van der Waals surface area contributed by atoms with Crippen LogP contribution in [0.25, 0.3) is 0 Å². The van der Waals surface area contributed by atoms with Crippen LogP contribution in [-0.2, 0) is 4.74 Å². The van der Waals surface area contributed by atoms with Gasteiger partial charge in [-0.15, -0.1) is 0 Å². The quantitative estimate of drug-likeness (QED) is 0.465.